The van der Waals surface area contributed by atoms with Gasteiger partial charge < -0.3 is 14.6 Å². The number of aliphatic hydroxyl groups excluding tert-OH is 1. The number of fused-ring (bicyclic) bond motifs is 1. The van der Waals surface area contributed by atoms with Crippen molar-refractivity contribution in [2.45, 2.75) is 38.7 Å². The molecule has 0 spiro atoms. The van der Waals surface area contributed by atoms with Gasteiger partial charge in [0.1, 0.15) is 0 Å². The lowest BCUT2D eigenvalue weighted by Crippen LogP contribution is -2.43. The van der Waals surface area contributed by atoms with Crippen LogP contribution < -0.4 is 5.73 Å². The number of hydrogen-bond acceptors (Lipinski definition) is 4. The molecule has 4 nitrogen and oxygen atoms in total. The third-order valence-electron chi connectivity index (χ3n) is 2.16. The molecule has 78 valence electrons. The first-order valence-electron chi connectivity index (χ1n) is 4.79. The van der Waals surface area contributed by atoms with E-state index in [4.69, 9.17) is 20.3 Å². The van der Waals surface area contributed by atoms with Crippen LogP contribution in [0.25, 0.3) is 0 Å². The van der Waals surface area contributed by atoms with Crippen LogP contribution in [0.15, 0.2) is 0 Å². The van der Waals surface area contributed by atoms with Crippen LogP contribution in [0.3, 0.4) is 0 Å². The zero-order valence-corrected chi connectivity index (χ0v) is 8.32. The van der Waals surface area contributed by atoms with E-state index in [2.05, 4.69) is 0 Å². The first-order chi connectivity index (χ1) is 6.04. The van der Waals surface area contributed by atoms with Gasteiger partial charge in [-0.15, -0.1) is 0 Å². The van der Waals surface area contributed by atoms with Crippen LogP contribution in [-0.2, 0) is 9.47 Å². The SMILES string of the molecule is CC(C)O.NC12OCCC1CCO2. The summed E-state index contributed by atoms with van der Waals surface area (Å²) in [5.41, 5.74) is 5.72. The minimum Gasteiger partial charge on any atom is -0.394 e. The predicted molar refractivity (Wildman–Crippen MR) is 48.9 cm³/mol. The molecule has 2 rings (SSSR count). The number of ether oxygens (including phenoxy) is 2. The van der Waals surface area contributed by atoms with Crippen molar-refractivity contribution in [3.05, 3.63) is 0 Å². The molecule has 13 heavy (non-hydrogen) atoms. The highest BCUT2D eigenvalue weighted by Crippen LogP contribution is 2.36. The van der Waals surface area contributed by atoms with Gasteiger partial charge in [-0.25, -0.2) is 0 Å². The number of rotatable bonds is 0. The second-order valence-electron chi connectivity index (χ2n) is 3.79. The third-order valence-corrected chi connectivity index (χ3v) is 2.16. The van der Waals surface area contributed by atoms with Crippen molar-refractivity contribution in [1.29, 1.82) is 0 Å². The summed E-state index contributed by atoms with van der Waals surface area (Å²) in [5.74, 6) is -0.238. The average Bonchev–Trinajstić information content (AvgIpc) is 2.42. The molecule has 2 fully saturated rings. The van der Waals surface area contributed by atoms with Gasteiger partial charge >= 0.3 is 0 Å². The van der Waals surface area contributed by atoms with Gasteiger partial charge in [-0.3, -0.25) is 5.73 Å². The predicted octanol–water partition coefficient (Wildman–Crippen LogP) is 0.443. The van der Waals surface area contributed by atoms with Crippen LogP contribution in [0.2, 0.25) is 0 Å². The van der Waals surface area contributed by atoms with Gasteiger partial charge in [-0.05, 0) is 26.7 Å². The molecule has 2 aliphatic rings. The second-order valence-corrected chi connectivity index (χ2v) is 3.79. The van der Waals surface area contributed by atoms with Gasteiger partial charge in [0, 0.05) is 12.0 Å². The molecular weight excluding hydrogens is 170 g/mol. The zero-order valence-electron chi connectivity index (χ0n) is 8.32. The Labute approximate surface area is 79.0 Å². The number of hydrogen-bond donors (Lipinski definition) is 2. The first kappa shape index (κ1) is 10.9. The number of aliphatic hydroxyl groups is 1. The molecule has 2 heterocycles. The highest BCUT2D eigenvalue weighted by molar-refractivity contribution is 4.83. The van der Waals surface area contributed by atoms with Crippen molar-refractivity contribution in [2.75, 3.05) is 13.2 Å². The first-order valence-corrected chi connectivity index (χ1v) is 4.79. The molecule has 0 unspecified atom stereocenters. The summed E-state index contributed by atoms with van der Waals surface area (Å²) in [7, 11) is 0. The molecule has 0 aromatic heterocycles. The molecule has 3 N–H and O–H groups in total. The van der Waals surface area contributed by atoms with Crippen molar-refractivity contribution in [1.82, 2.24) is 0 Å². The number of nitrogens with two attached hydrogens (primary N) is 1. The van der Waals surface area contributed by atoms with E-state index < -0.39 is 5.91 Å². The van der Waals surface area contributed by atoms with Crippen molar-refractivity contribution >= 4 is 0 Å². The lowest BCUT2D eigenvalue weighted by atomic mass is 10.0. The molecule has 0 aromatic rings. The van der Waals surface area contributed by atoms with E-state index in [1.807, 2.05) is 0 Å². The molecule has 0 atom stereocenters. The molecule has 2 aliphatic heterocycles. The van der Waals surface area contributed by atoms with E-state index in [1.54, 1.807) is 13.8 Å². The van der Waals surface area contributed by atoms with E-state index >= 15 is 0 Å². The van der Waals surface area contributed by atoms with Gasteiger partial charge in [0.2, 0.25) is 5.91 Å². The maximum atomic E-state index is 8.06. The fraction of sp³-hybridized carbons (Fsp3) is 1.00. The molecule has 0 radical (unpaired) electrons. The molecule has 0 aromatic carbocycles. The van der Waals surface area contributed by atoms with Gasteiger partial charge in [0.15, 0.2) is 0 Å². The molecule has 0 bridgehead atoms. The largest absolute Gasteiger partial charge is 0.394 e. The third kappa shape index (κ3) is 2.91. The Hall–Kier alpha value is -0.160. The fourth-order valence-electron chi connectivity index (χ4n) is 1.55. The highest BCUT2D eigenvalue weighted by atomic mass is 16.7. The Bertz CT molecular complexity index is 148. The summed E-state index contributed by atoms with van der Waals surface area (Å²) in [6.07, 6.45) is 1.97. The maximum Gasteiger partial charge on any atom is 0.227 e. The Kier molecular flexibility index (Phi) is 3.67. The van der Waals surface area contributed by atoms with Crippen LogP contribution in [0.5, 0.6) is 0 Å². The molecule has 0 aliphatic carbocycles. The van der Waals surface area contributed by atoms with Crippen molar-refractivity contribution in [2.24, 2.45) is 11.7 Å². The standard InChI is InChI=1S/C6H11NO2.C3H8O/c7-6-5(1-3-8-6)2-4-9-6;1-3(2)4/h5H,1-4,7H2;3-4H,1-2H3. The van der Waals surface area contributed by atoms with E-state index in [9.17, 15) is 0 Å². The normalized spacial score (nSPS) is 37.2. The van der Waals surface area contributed by atoms with E-state index in [0.29, 0.717) is 5.92 Å². The van der Waals surface area contributed by atoms with E-state index in [1.165, 1.54) is 0 Å². The average molecular weight is 189 g/mol. The van der Waals surface area contributed by atoms with Crippen LogP contribution in [0.4, 0.5) is 0 Å². The highest BCUT2D eigenvalue weighted by Gasteiger charge is 2.46. The van der Waals surface area contributed by atoms with Gasteiger partial charge in [0.25, 0.3) is 0 Å². The van der Waals surface area contributed by atoms with Gasteiger partial charge in [0.05, 0.1) is 13.2 Å². The Morgan fingerprint density at radius 3 is 2.00 bits per heavy atom. The van der Waals surface area contributed by atoms with Crippen molar-refractivity contribution in [3.63, 3.8) is 0 Å². The van der Waals surface area contributed by atoms with E-state index in [0.717, 1.165) is 26.1 Å². The van der Waals surface area contributed by atoms with Gasteiger partial charge in [-0.1, -0.05) is 0 Å². The van der Waals surface area contributed by atoms with Crippen LogP contribution in [0.1, 0.15) is 26.7 Å². The molecule has 0 saturated carbocycles. The molecule has 2 saturated heterocycles. The summed E-state index contributed by atoms with van der Waals surface area (Å²) >= 11 is 0. The van der Waals surface area contributed by atoms with Gasteiger partial charge in [-0.2, -0.15) is 0 Å². The van der Waals surface area contributed by atoms with Crippen LogP contribution in [-0.4, -0.2) is 30.3 Å². The molecular formula is C9H19NO3. The van der Waals surface area contributed by atoms with Crippen LogP contribution in [0, 0.1) is 5.92 Å². The Balaban J connectivity index is 0.000000184. The monoisotopic (exact) mass is 189 g/mol. The van der Waals surface area contributed by atoms with Crippen molar-refractivity contribution in [3.8, 4) is 0 Å². The molecule has 4 heteroatoms. The lowest BCUT2D eigenvalue weighted by molar-refractivity contribution is -0.191. The zero-order chi connectivity index (χ0) is 9.90. The van der Waals surface area contributed by atoms with Crippen LogP contribution >= 0.6 is 0 Å². The summed E-state index contributed by atoms with van der Waals surface area (Å²) in [6.45, 7) is 4.97. The minimum absolute atomic E-state index is 0.167. The lowest BCUT2D eigenvalue weighted by Gasteiger charge is -2.20. The summed E-state index contributed by atoms with van der Waals surface area (Å²) in [6, 6.07) is 0. The topological polar surface area (TPSA) is 64.7 Å². The smallest absolute Gasteiger partial charge is 0.227 e. The fourth-order valence-corrected chi connectivity index (χ4v) is 1.55. The second kappa shape index (κ2) is 4.37. The Morgan fingerprint density at radius 2 is 1.69 bits per heavy atom. The van der Waals surface area contributed by atoms with E-state index in [-0.39, 0.29) is 6.10 Å². The maximum absolute atomic E-state index is 8.06. The summed E-state index contributed by atoms with van der Waals surface area (Å²) in [5, 5.41) is 8.06. The minimum atomic E-state index is -0.694. The van der Waals surface area contributed by atoms with Crippen molar-refractivity contribution < 1.29 is 14.6 Å². The quantitative estimate of drug-likeness (QED) is 0.580. The Morgan fingerprint density at radius 1 is 1.31 bits per heavy atom. The summed E-state index contributed by atoms with van der Waals surface area (Å²) < 4.78 is 10.4. The summed E-state index contributed by atoms with van der Waals surface area (Å²) in [4.78, 5) is 0. The molecule has 0 amide bonds.